The number of benzene rings is 3. The third-order valence-electron chi connectivity index (χ3n) is 8.81. The van der Waals surface area contributed by atoms with Gasteiger partial charge >= 0.3 is 0 Å². The van der Waals surface area contributed by atoms with E-state index in [0.29, 0.717) is 0 Å². The van der Waals surface area contributed by atoms with Crippen molar-refractivity contribution in [3.63, 3.8) is 0 Å². The Kier molecular flexibility index (Phi) is 2.88. The molecule has 1 aliphatic carbocycles. The van der Waals surface area contributed by atoms with Gasteiger partial charge in [-0.25, -0.2) is 0 Å². The minimum absolute atomic E-state index is 0.0792. The van der Waals surface area contributed by atoms with Crippen LogP contribution in [-0.2, 0) is 10.8 Å². The van der Waals surface area contributed by atoms with Gasteiger partial charge in [-0.1, -0.05) is 65.8 Å². The fourth-order valence-electron chi connectivity index (χ4n) is 5.94. The highest BCUT2D eigenvalue weighted by molar-refractivity contribution is 6.18. The SMILES string of the molecule is CC1(C)c2ccc3[nH]c4cc5c(cc4c3c2C(C)(C)C1(C)C)[nH]c1ccccc15. The molecule has 0 amide bonds. The summed E-state index contributed by atoms with van der Waals surface area (Å²) >= 11 is 0. The highest BCUT2D eigenvalue weighted by Crippen LogP contribution is 2.63. The van der Waals surface area contributed by atoms with Gasteiger partial charge < -0.3 is 9.97 Å². The first-order valence-corrected chi connectivity index (χ1v) is 10.6. The molecule has 0 saturated carbocycles. The van der Waals surface area contributed by atoms with Gasteiger partial charge in [0, 0.05) is 43.6 Å². The molecule has 0 saturated heterocycles. The summed E-state index contributed by atoms with van der Waals surface area (Å²) in [5.41, 5.74) is 8.26. The summed E-state index contributed by atoms with van der Waals surface area (Å²) in [6, 6.07) is 17.9. The van der Waals surface area contributed by atoms with Crippen LogP contribution in [0.2, 0.25) is 0 Å². The molecule has 1 aliphatic rings. The van der Waals surface area contributed by atoms with Crippen molar-refractivity contribution < 1.29 is 0 Å². The normalized spacial score (nSPS) is 19.5. The molecular formula is C27H28N2. The molecule has 0 bridgehead atoms. The summed E-state index contributed by atoms with van der Waals surface area (Å²) in [6.07, 6.45) is 0. The lowest BCUT2D eigenvalue weighted by Gasteiger charge is -2.44. The number of aromatic amines is 2. The molecule has 29 heavy (non-hydrogen) atoms. The van der Waals surface area contributed by atoms with Crippen LogP contribution in [0.3, 0.4) is 0 Å². The predicted molar refractivity (Wildman–Crippen MR) is 125 cm³/mol. The second kappa shape index (κ2) is 4.87. The first kappa shape index (κ1) is 17.1. The van der Waals surface area contributed by atoms with Crippen LogP contribution in [0, 0.1) is 5.41 Å². The molecule has 2 heteroatoms. The van der Waals surface area contributed by atoms with Crippen molar-refractivity contribution in [2.24, 2.45) is 5.41 Å². The van der Waals surface area contributed by atoms with Crippen LogP contribution < -0.4 is 0 Å². The monoisotopic (exact) mass is 380 g/mol. The summed E-state index contributed by atoms with van der Waals surface area (Å²) in [5, 5.41) is 5.31. The molecule has 0 spiro atoms. The molecule has 0 fully saturated rings. The van der Waals surface area contributed by atoms with Crippen molar-refractivity contribution >= 4 is 43.6 Å². The van der Waals surface area contributed by atoms with Gasteiger partial charge in [0.25, 0.3) is 0 Å². The van der Waals surface area contributed by atoms with Gasteiger partial charge in [-0.05, 0) is 51.6 Å². The van der Waals surface area contributed by atoms with Crippen LogP contribution in [0.25, 0.3) is 43.6 Å². The minimum Gasteiger partial charge on any atom is -0.354 e. The molecule has 5 aromatic rings. The first-order valence-electron chi connectivity index (χ1n) is 10.6. The number of para-hydroxylation sites is 1. The van der Waals surface area contributed by atoms with E-state index in [1.165, 1.54) is 54.7 Å². The van der Waals surface area contributed by atoms with E-state index in [-0.39, 0.29) is 16.2 Å². The second-order valence-corrected chi connectivity index (χ2v) is 10.5. The Balaban J connectivity index is 1.80. The molecule has 2 nitrogen and oxygen atoms in total. The molecule has 0 atom stereocenters. The molecule has 2 N–H and O–H groups in total. The maximum absolute atomic E-state index is 3.73. The van der Waals surface area contributed by atoms with Crippen molar-refractivity contribution in [2.75, 3.05) is 0 Å². The molecule has 3 aromatic carbocycles. The fourth-order valence-corrected chi connectivity index (χ4v) is 5.94. The number of hydrogen-bond donors (Lipinski definition) is 2. The van der Waals surface area contributed by atoms with Crippen molar-refractivity contribution in [1.29, 1.82) is 0 Å². The summed E-state index contributed by atoms with van der Waals surface area (Å²) in [5.74, 6) is 0. The Bertz CT molecular complexity index is 1470. The van der Waals surface area contributed by atoms with Gasteiger partial charge in [0.15, 0.2) is 0 Å². The van der Waals surface area contributed by atoms with Crippen molar-refractivity contribution in [2.45, 2.75) is 52.4 Å². The second-order valence-electron chi connectivity index (χ2n) is 10.5. The Morgan fingerprint density at radius 2 is 1.24 bits per heavy atom. The van der Waals surface area contributed by atoms with E-state index < -0.39 is 0 Å². The zero-order chi connectivity index (χ0) is 20.3. The largest absolute Gasteiger partial charge is 0.354 e. The zero-order valence-electron chi connectivity index (χ0n) is 18.1. The number of hydrogen-bond acceptors (Lipinski definition) is 0. The molecule has 0 radical (unpaired) electrons. The third-order valence-corrected chi connectivity index (χ3v) is 8.81. The molecule has 2 aromatic heterocycles. The lowest BCUT2D eigenvalue weighted by atomic mass is 9.59. The number of rotatable bonds is 0. The van der Waals surface area contributed by atoms with Crippen LogP contribution in [0.5, 0.6) is 0 Å². The summed E-state index contributed by atoms with van der Waals surface area (Å²) in [6.45, 7) is 14.6. The Morgan fingerprint density at radius 3 is 2.03 bits per heavy atom. The Hall–Kier alpha value is -2.74. The summed E-state index contributed by atoms with van der Waals surface area (Å²) in [7, 11) is 0. The van der Waals surface area contributed by atoms with Gasteiger partial charge in [0.2, 0.25) is 0 Å². The number of aromatic nitrogens is 2. The topological polar surface area (TPSA) is 31.6 Å². The summed E-state index contributed by atoms with van der Waals surface area (Å²) in [4.78, 5) is 7.36. The molecule has 0 aliphatic heterocycles. The molecule has 2 heterocycles. The highest BCUT2D eigenvalue weighted by Gasteiger charge is 2.57. The lowest BCUT2D eigenvalue weighted by Crippen LogP contribution is -2.42. The van der Waals surface area contributed by atoms with E-state index >= 15 is 0 Å². The lowest BCUT2D eigenvalue weighted by molar-refractivity contribution is 0.125. The van der Waals surface area contributed by atoms with E-state index in [4.69, 9.17) is 0 Å². The van der Waals surface area contributed by atoms with E-state index in [9.17, 15) is 0 Å². The number of H-pyrrole nitrogens is 2. The fraction of sp³-hybridized carbons (Fsp3) is 0.333. The Labute approximate surface area is 171 Å². The standard InChI is InChI=1S/C27H28N2/c1-25(2)18-11-12-20-23(24(18)26(3,4)27(25,5)6)17-14-21-16(13-22(17)29-20)15-9-7-8-10-19(15)28-21/h7-14,28-29H,1-6H3. The minimum atomic E-state index is 0.0792. The predicted octanol–water partition coefficient (Wildman–Crippen LogP) is 7.55. The van der Waals surface area contributed by atoms with Crippen molar-refractivity contribution in [3.05, 3.63) is 59.7 Å². The van der Waals surface area contributed by atoms with Gasteiger partial charge in [0.05, 0.1) is 0 Å². The van der Waals surface area contributed by atoms with E-state index in [0.717, 1.165) is 0 Å². The van der Waals surface area contributed by atoms with Gasteiger partial charge in [-0.2, -0.15) is 0 Å². The van der Waals surface area contributed by atoms with Crippen LogP contribution in [0.4, 0.5) is 0 Å². The molecule has 6 rings (SSSR count). The zero-order valence-corrected chi connectivity index (χ0v) is 18.1. The van der Waals surface area contributed by atoms with Crippen LogP contribution in [-0.4, -0.2) is 9.97 Å². The van der Waals surface area contributed by atoms with Crippen LogP contribution in [0.1, 0.15) is 52.7 Å². The van der Waals surface area contributed by atoms with E-state index in [2.05, 4.69) is 100 Å². The van der Waals surface area contributed by atoms with Crippen LogP contribution >= 0.6 is 0 Å². The average Bonchev–Trinajstić information content (AvgIpc) is 3.24. The van der Waals surface area contributed by atoms with E-state index in [1.54, 1.807) is 0 Å². The molecular weight excluding hydrogens is 352 g/mol. The Morgan fingerprint density at radius 1 is 0.586 bits per heavy atom. The van der Waals surface area contributed by atoms with Gasteiger partial charge in [-0.3, -0.25) is 0 Å². The van der Waals surface area contributed by atoms with Gasteiger partial charge in [-0.15, -0.1) is 0 Å². The number of nitrogens with one attached hydrogen (secondary N) is 2. The highest BCUT2D eigenvalue weighted by atomic mass is 14.7. The maximum Gasteiger partial charge on any atom is 0.0472 e. The summed E-state index contributed by atoms with van der Waals surface area (Å²) < 4.78 is 0. The maximum atomic E-state index is 3.73. The van der Waals surface area contributed by atoms with Gasteiger partial charge in [0.1, 0.15) is 0 Å². The van der Waals surface area contributed by atoms with Crippen molar-refractivity contribution in [3.8, 4) is 0 Å². The molecule has 146 valence electrons. The van der Waals surface area contributed by atoms with Crippen LogP contribution in [0.15, 0.2) is 48.5 Å². The third kappa shape index (κ3) is 1.79. The number of fused-ring (bicyclic) bond motifs is 8. The van der Waals surface area contributed by atoms with E-state index in [1.807, 2.05) is 0 Å². The smallest absolute Gasteiger partial charge is 0.0472 e. The molecule has 0 unspecified atom stereocenters. The average molecular weight is 381 g/mol. The quantitative estimate of drug-likeness (QED) is 0.278. The van der Waals surface area contributed by atoms with Crippen molar-refractivity contribution in [1.82, 2.24) is 9.97 Å². The first-order chi connectivity index (χ1) is 13.6.